The highest BCUT2D eigenvalue weighted by atomic mass is 35.5. The summed E-state index contributed by atoms with van der Waals surface area (Å²) in [7, 11) is -1.68. The van der Waals surface area contributed by atoms with E-state index in [-0.39, 0.29) is 33.7 Å². The first-order valence-corrected chi connectivity index (χ1v) is 13.7. The first-order chi connectivity index (χ1) is 15.1. The van der Waals surface area contributed by atoms with Gasteiger partial charge in [0.15, 0.2) is 0 Å². The highest BCUT2D eigenvalue weighted by molar-refractivity contribution is 7.89. The molecule has 0 bridgehead atoms. The van der Waals surface area contributed by atoms with Gasteiger partial charge in [-0.25, -0.2) is 13.1 Å². The fourth-order valence-corrected chi connectivity index (χ4v) is 9.51. The van der Waals surface area contributed by atoms with Crippen molar-refractivity contribution in [3.63, 3.8) is 0 Å². The second kappa shape index (κ2) is 7.57. The number of carbonyl (C=O) groups excluding carboxylic acids is 1. The fourth-order valence-electron chi connectivity index (χ4n) is 7.82. The van der Waals surface area contributed by atoms with E-state index in [2.05, 4.69) is 24.6 Å². The predicted octanol–water partition coefficient (Wildman–Crippen LogP) is 4.63. The third-order valence-corrected chi connectivity index (χ3v) is 11.2. The summed E-state index contributed by atoms with van der Waals surface area (Å²) in [5.41, 5.74) is -0.0403. The summed E-state index contributed by atoms with van der Waals surface area (Å²) < 4.78 is 29.3. The lowest BCUT2D eigenvalue weighted by atomic mass is 9.48. The molecule has 174 valence electrons. The monoisotopic (exact) mass is 476 g/mol. The molecule has 1 heterocycles. The number of hydrogen-bond acceptors (Lipinski definition) is 3. The van der Waals surface area contributed by atoms with Crippen molar-refractivity contribution in [3.8, 4) is 0 Å². The number of sulfonamides is 1. The molecular formula is C25H33ClN2O3S. The number of carbonyl (C=O) groups is 1. The lowest BCUT2D eigenvalue weighted by Gasteiger charge is -2.60. The van der Waals surface area contributed by atoms with E-state index in [1.807, 2.05) is 11.9 Å². The molecule has 1 N–H and O–H groups in total. The van der Waals surface area contributed by atoms with E-state index >= 15 is 0 Å². The Morgan fingerprint density at radius 2 is 1.88 bits per heavy atom. The molecule has 5 rings (SSSR count). The van der Waals surface area contributed by atoms with Crippen LogP contribution >= 0.6 is 11.6 Å². The SMILES string of the molecule is CN1C(=O)C=C[C@@]2(C)C1CC[C@@H]1[C@H]2CC[C@]2(C)C(NS(=O)(=O)c3cccc(Cl)c3)CC[C@@H]12. The summed E-state index contributed by atoms with van der Waals surface area (Å²) in [4.78, 5) is 14.4. The minimum atomic E-state index is -3.62. The number of halogens is 1. The smallest absolute Gasteiger partial charge is 0.246 e. The topological polar surface area (TPSA) is 66.5 Å². The minimum Gasteiger partial charge on any atom is -0.338 e. The molecule has 3 fully saturated rings. The van der Waals surface area contributed by atoms with Gasteiger partial charge < -0.3 is 4.90 Å². The summed E-state index contributed by atoms with van der Waals surface area (Å²) in [6, 6.07) is 6.70. The maximum atomic E-state index is 13.1. The molecule has 5 nitrogen and oxygen atoms in total. The van der Waals surface area contributed by atoms with Gasteiger partial charge in [-0.3, -0.25) is 4.79 Å². The van der Waals surface area contributed by atoms with Crippen LogP contribution in [0.3, 0.4) is 0 Å². The molecule has 1 aliphatic heterocycles. The molecule has 1 amide bonds. The molecule has 7 heteroatoms. The molecule has 1 aromatic rings. The molecule has 0 saturated heterocycles. The van der Waals surface area contributed by atoms with Crippen LogP contribution in [0.25, 0.3) is 0 Å². The van der Waals surface area contributed by atoms with E-state index in [4.69, 9.17) is 11.6 Å². The number of nitrogens with one attached hydrogen (secondary N) is 1. The zero-order valence-corrected chi connectivity index (χ0v) is 20.6. The van der Waals surface area contributed by atoms with E-state index < -0.39 is 10.0 Å². The summed E-state index contributed by atoms with van der Waals surface area (Å²) >= 11 is 6.05. The van der Waals surface area contributed by atoms with Gasteiger partial charge in [-0.1, -0.05) is 37.6 Å². The third kappa shape index (κ3) is 3.28. The van der Waals surface area contributed by atoms with Crippen molar-refractivity contribution in [1.29, 1.82) is 0 Å². The van der Waals surface area contributed by atoms with Crippen LogP contribution < -0.4 is 4.72 Å². The van der Waals surface area contributed by atoms with Crippen molar-refractivity contribution in [2.24, 2.45) is 28.6 Å². The number of nitrogens with zero attached hydrogens (tertiary/aromatic N) is 1. The second-order valence-electron chi connectivity index (χ2n) is 10.9. The molecular weight excluding hydrogens is 444 g/mol. The Labute approximate surface area is 196 Å². The highest BCUT2D eigenvalue weighted by Gasteiger charge is 2.60. The molecule has 1 aromatic carbocycles. The van der Waals surface area contributed by atoms with Crippen molar-refractivity contribution < 1.29 is 13.2 Å². The van der Waals surface area contributed by atoms with Crippen molar-refractivity contribution in [3.05, 3.63) is 41.4 Å². The zero-order chi connectivity index (χ0) is 22.9. The Bertz CT molecular complexity index is 1070. The molecule has 2 unspecified atom stereocenters. The standard InChI is InChI=1S/C25H33ClN2O3S/c1-24-13-11-20-18(7-10-22-25(20,2)14-12-23(29)28(22)3)19(24)8-9-21(24)27-32(30,31)17-6-4-5-16(26)15-17/h4-6,12,14-15,18-22,27H,7-11,13H2,1-3H3/t18-,19-,20+,21?,22?,24-,25+/m0/s1. The summed E-state index contributed by atoms with van der Waals surface area (Å²) in [6.45, 7) is 4.64. The van der Waals surface area contributed by atoms with Gasteiger partial charge in [0.25, 0.3) is 0 Å². The van der Waals surface area contributed by atoms with E-state index in [0.717, 1.165) is 38.5 Å². The van der Waals surface area contributed by atoms with Crippen LogP contribution in [0.15, 0.2) is 41.3 Å². The van der Waals surface area contributed by atoms with Gasteiger partial charge in [-0.05, 0) is 86.0 Å². The molecule has 0 spiro atoms. The van der Waals surface area contributed by atoms with Crippen LogP contribution in [0.5, 0.6) is 0 Å². The van der Waals surface area contributed by atoms with E-state index in [9.17, 15) is 13.2 Å². The molecule has 3 saturated carbocycles. The molecule has 32 heavy (non-hydrogen) atoms. The van der Waals surface area contributed by atoms with Crippen LogP contribution in [0.2, 0.25) is 5.02 Å². The third-order valence-electron chi connectivity index (χ3n) is 9.53. The number of hydrogen-bond donors (Lipinski definition) is 1. The molecule has 4 aliphatic rings. The summed E-state index contributed by atoms with van der Waals surface area (Å²) in [5, 5.41) is 0.429. The number of likely N-dealkylation sites (N-methyl/N-ethyl adjacent to an activating group) is 1. The van der Waals surface area contributed by atoms with E-state index in [0.29, 0.717) is 22.8 Å². The van der Waals surface area contributed by atoms with Gasteiger partial charge in [-0.15, -0.1) is 0 Å². The van der Waals surface area contributed by atoms with E-state index in [1.54, 1.807) is 24.3 Å². The van der Waals surface area contributed by atoms with Crippen molar-refractivity contribution in [2.45, 2.75) is 69.4 Å². The lowest BCUT2D eigenvalue weighted by molar-refractivity contribution is -0.138. The summed E-state index contributed by atoms with van der Waals surface area (Å²) in [5.74, 6) is 1.72. The summed E-state index contributed by atoms with van der Waals surface area (Å²) in [6.07, 6.45) is 10.1. The van der Waals surface area contributed by atoms with Crippen LogP contribution in [0, 0.1) is 28.6 Å². The number of rotatable bonds is 3. The van der Waals surface area contributed by atoms with Crippen molar-refractivity contribution in [2.75, 3.05) is 7.05 Å². The minimum absolute atomic E-state index is 0.00524. The average molecular weight is 477 g/mol. The number of amides is 1. The van der Waals surface area contributed by atoms with Crippen LogP contribution in [-0.4, -0.2) is 38.4 Å². The van der Waals surface area contributed by atoms with E-state index in [1.165, 1.54) is 6.07 Å². The van der Waals surface area contributed by atoms with Crippen molar-refractivity contribution in [1.82, 2.24) is 9.62 Å². The quantitative estimate of drug-likeness (QED) is 0.691. The maximum absolute atomic E-state index is 13.1. The van der Waals surface area contributed by atoms with Gasteiger partial charge in [-0.2, -0.15) is 0 Å². The van der Waals surface area contributed by atoms with Crippen LogP contribution in [-0.2, 0) is 14.8 Å². The van der Waals surface area contributed by atoms with Crippen LogP contribution in [0.1, 0.15) is 52.4 Å². The van der Waals surface area contributed by atoms with Gasteiger partial charge >= 0.3 is 0 Å². The molecule has 3 aliphatic carbocycles. The van der Waals surface area contributed by atoms with Gasteiger partial charge in [0.05, 0.1) is 4.90 Å². The highest BCUT2D eigenvalue weighted by Crippen LogP contribution is 2.64. The first kappa shape index (κ1) is 22.4. The van der Waals surface area contributed by atoms with Gasteiger partial charge in [0, 0.05) is 29.6 Å². The second-order valence-corrected chi connectivity index (χ2v) is 13.0. The number of benzene rings is 1. The normalized spacial score (nSPS) is 41.2. The lowest BCUT2D eigenvalue weighted by Crippen LogP contribution is -2.60. The van der Waals surface area contributed by atoms with Gasteiger partial charge in [0.2, 0.25) is 15.9 Å². The first-order valence-electron chi connectivity index (χ1n) is 11.8. The van der Waals surface area contributed by atoms with Gasteiger partial charge in [0.1, 0.15) is 0 Å². The zero-order valence-electron chi connectivity index (χ0n) is 19.1. The molecule has 0 aromatic heterocycles. The maximum Gasteiger partial charge on any atom is 0.246 e. The largest absolute Gasteiger partial charge is 0.338 e. The Hall–Kier alpha value is -1.37. The van der Waals surface area contributed by atoms with Crippen LogP contribution in [0.4, 0.5) is 0 Å². The Morgan fingerprint density at radius 3 is 2.62 bits per heavy atom. The average Bonchev–Trinajstić information content (AvgIpc) is 3.07. The molecule has 0 radical (unpaired) electrons. The predicted molar refractivity (Wildman–Crippen MR) is 126 cm³/mol. The fraction of sp³-hybridized carbons (Fsp3) is 0.640. The van der Waals surface area contributed by atoms with Crippen molar-refractivity contribution >= 4 is 27.5 Å². The molecule has 7 atom stereocenters. The Balaban J connectivity index is 1.40. The Kier molecular flexibility index (Phi) is 5.31. The Morgan fingerprint density at radius 1 is 1.09 bits per heavy atom. The number of fused-ring (bicyclic) bond motifs is 5.